The van der Waals surface area contributed by atoms with E-state index in [-0.39, 0.29) is 5.56 Å². The van der Waals surface area contributed by atoms with Gasteiger partial charge >= 0.3 is 5.97 Å². The van der Waals surface area contributed by atoms with Crippen LogP contribution in [0.25, 0.3) is 11.3 Å². The maximum Gasteiger partial charge on any atom is 0.337 e. The fourth-order valence-corrected chi connectivity index (χ4v) is 2.12. The molecule has 1 aromatic carbocycles. The van der Waals surface area contributed by atoms with Crippen molar-refractivity contribution in [1.82, 2.24) is 4.98 Å². The summed E-state index contributed by atoms with van der Waals surface area (Å²) >= 11 is 6.14. The standard InChI is InChI=1S/C15H14ClNO3/c1-8-6-14(20-3)11(7-12(8)16)13-5-4-10(15(18)19)9(2)17-13/h4-7H,1-3H3,(H,18,19). The third-order valence-electron chi connectivity index (χ3n) is 3.07. The SMILES string of the molecule is COc1cc(C)c(Cl)cc1-c1ccc(C(=O)O)c(C)n1. The van der Waals surface area contributed by atoms with Gasteiger partial charge in [-0.1, -0.05) is 11.6 Å². The van der Waals surface area contributed by atoms with Crippen molar-refractivity contribution in [2.24, 2.45) is 0 Å². The van der Waals surface area contributed by atoms with E-state index in [9.17, 15) is 4.79 Å². The molecule has 4 nitrogen and oxygen atoms in total. The number of pyridine rings is 1. The molecule has 0 bridgehead atoms. The largest absolute Gasteiger partial charge is 0.496 e. The summed E-state index contributed by atoms with van der Waals surface area (Å²) in [7, 11) is 1.57. The Morgan fingerprint density at radius 1 is 1.30 bits per heavy atom. The van der Waals surface area contributed by atoms with Crippen LogP contribution < -0.4 is 4.74 Å². The number of ether oxygens (including phenoxy) is 1. The van der Waals surface area contributed by atoms with Gasteiger partial charge in [-0.2, -0.15) is 0 Å². The van der Waals surface area contributed by atoms with Crippen molar-refractivity contribution in [2.45, 2.75) is 13.8 Å². The van der Waals surface area contributed by atoms with Gasteiger partial charge < -0.3 is 9.84 Å². The number of carboxylic acid groups (broad SMARTS) is 1. The molecule has 2 aromatic rings. The van der Waals surface area contributed by atoms with Crippen molar-refractivity contribution in [3.05, 3.63) is 46.1 Å². The van der Waals surface area contributed by atoms with Crippen molar-refractivity contribution >= 4 is 17.6 Å². The number of aromatic nitrogens is 1. The number of nitrogens with zero attached hydrogens (tertiary/aromatic N) is 1. The molecule has 0 radical (unpaired) electrons. The van der Waals surface area contributed by atoms with Crippen molar-refractivity contribution in [1.29, 1.82) is 0 Å². The summed E-state index contributed by atoms with van der Waals surface area (Å²) < 4.78 is 5.34. The van der Waals surface area contributed by atoms with Crippen LogP contribution in [0.15, 0.2) is 24.3 Å². The lowest BCUT2D eigenvalue weighted by Gasteiger charge is -2.11. The highest BCUT2D eigenvalue weighted by Crippen LogP contribution is 2.34. The van der Waals surface area contributed by atoms with Gasteiger partial charge in [0, 0.05) is 10.6 Å². The van der Waals surface area contributed by atoms with Crippen LogP contribution in [0.4, 0.5) is 0 Å². The second-order valence-corrected chi connectivity index (χ2v) is 4.84. The second-order valence-electron chi connectivity index (χ2n) is 4.44. The van der Waals surface area contributed by atoms with Crippen LogP contribution in [0.5, 0.6) is 5.75 Å². The molecule has 104 valence electrons. The normalized spacial score (nSPS) is 10.4. The highest BCUT2D eigenvalue weighted by molar-refractivity contribution is 6.31. The van der Waals surface area contributed by atoms with E-state index in [1.165, 1.54) is 6.07 Å². The van der Waals surface area contributed by atoms with E-state index in [0.29, 0.717) is 22.2 Å². The maximum atomic E-state index is 11.0. The summed E-state index contributed by atoms with van der Waals surface area (Å²) in [4.78, 5) is 15.3. The van der Waals surface area contributed by atoms with Crippen LogP contribution in [0.3, 0.4) is 0 Å². The number of hydrogen-bond acceptors (Lipinski definition) is 3. The number of aryl methyl sites for hydroxylation is 2. The lowest BCUT2D eigenvalue weighted by Crippen LogP contribution is -2.02. The first-order chi connectivity index (χ1) is 9.43. The van der Waals surface area contributed by atoms with Gasteiger partial charge in [0.1, 0.15) is 5.75 Å². The molecule has 0 saturated carbocycles. The van der Waals surface area contributed by atoms with Gasteiger partial charge in [0.2, 0.25) is 0 Å². The topological polar surface area (TPSA) is 59.4 Å². The smallest absolute Gasteiger partial charge is 0.337 e. The van der Waals surface area contributed by atoms with Crippen molar-refractivity contribution < 1.29 is 14.6 Å². The van der Waals surface area contributed by atoms with E-state index in [1.807, 2.05) is 13.0 Å². The summed E-state index contributed by atoms with van der Waals surface area (Å²) in [5.41, 5.74) is 2.92. The minimum Gasteiger partial charge on any atom is -0.496 e. The molecule has 0 aliphatic heterocycles. The lowest BCUT2D eigenvalue weighted by molar-refractivity contribution is 0.0695. The Morgan fingerprint density at radius 3 is 2.55 bits per heavy atom. The van der Waals surface area contributed by atoms with E-state index in [0.717, 1.165) is 11.1 Å². The lowest BCUT2D eigenvalue weighted by atomic mass is 10.1. The average Bonchev–Trinajstić information content (AvgIpc) is 2.40. The van der Waals surface area contributed by atoms with Crippen LogP contribution in [0.2, 0.25) is 5.02 Å². The van der Waals surface area contributed by atoms with Crippen molar-refractivity contribution in [2.75, 3.05) is 7.11 Å². The second kappa shape index (κ2) is 5.51. The highest BCUT2D eigenvalue weighted by atomic mass is 35.5. The Morgan fingerprint density at radius 2 is 2.00 bits per heavy atom. The predicted octanol–water partition coefficient (Wildman–Crippen LogP) is 3.73. The predicted molar refractivity (Wildman–Crippen MR) is 77.7 cm³/mol. The number of carbonyl (C=O) groups is 1. The number of benzene rings is 1. The molecular weight excluding hydrogens is 278 g/mol. The molecule has 0 amide bonds. The Hall–Kier alpha value is -2.07. The van der Waals surface area contributed by atoms with E-state index < -0.39 is 5.97 Å². The van der Waals surface area contributed by atoms with Gasteiger partial charge in [0.15, 0.2) is 0 Å². The quantitative estimate of drug-likeness (QED) is 0.936. The van der Waals surface area contributed by atoms with Gasteiger partial charge in [-0.25, -0.2) is 4.79 Å². The summed E-state index contributed by atoms with van der Waals surface area (Å²) in [5.74, 6) is -0.336. The zero-order valence-corrected chi connectivity index (χ0v) is 12.2. The van der Waals surface area contributed by atoms with Gasteiger partial charge in [-0.05, 0) is 43.7 Å². The minimum atomic E-state index is -0.990. The molecule has 1 heterocycles. The Bertz CT molecular complexity index is 683. The van der Waals surface area contributed by atoms with E-state index in [2.05, 4.69) is 4.98 Å². The van der Waals surface area contributed by atoms with E-state index in [4.69, 9.17) is 21.4 Å². The zero-order valence-electron chi connectivity index (χ0n) is 11.4. The summed E-state index contributed by atoms with van der Waals surface area (Å²) in [6, 6.07) is 6.80. The third kappa shape index (κ3) is 2.60. The number of halogens is 1. The van der Waals surface area contributed by atoms with E-state index >= 15 is 0 Å². The Balaban J connectivity index is 2.59. The summed E-state index contributed by atoms with van der Waals surface area (Å²) in [6.07, 6.45) is 0. The Kier molecular flexibility index (Phi) is 3.95. The molecule has 2 rings (SSSR count). The molecule has 1 N–H and O–H groups in total. The van der Waals surface area contributed by atoms with Crippen molar-refractivity contribution in [3.8, 4) is 17.0 Å². The zero-order chi connectivity index (χ0) is 14.9. The van der Waals surface area contributed by atoms with Crippen molar-refractivity contribution in [3.63, 3.8) is 0 Å². The van der Waals surface area contributed by atoms with Crippen LogP contribution >= 0.6 is 11.6 Å². The fourth-order valence-electron chi connectivity index (χ4n) is 1.96. The first kappa shape index (κ1) is 14.3. The molecule has 0 unspecified atom stereocenters. The van der Waals surface area contributed by atoms with E-state index in [1.54, 1.807) is 26.2 Å². The molecule has 0 spiro atoms. The molecule has 1 aromatic heterocycles. The average molecular weight is 292 g/mol. The highest BCUT2D eigenvalue weighted by Gasteiger charge is 2.14. The fraction of sp³-hybridized carbons (Fsp3) is 0.200. The molecule has 0 atom stereocenters. The Labute approximate surface area is 122 Å². The molecule has 0 aliphatic rings. The first-order valence-electron chi connectivity index (χ1n) is 5.99. The van der Waals surface area contributed by atoms with Gasteiger partial charge in [0.05, 0.1) is 24.1 Å². The van der Waals surface area contributed by atoms with Gasteiger partial charge in [-0.3, -0.25) is 4.98 Å². The number of hydrogen-bond donors (Lipinski definition) is 1. The van der Waals surface area contributed by atoms with Crippen LogP contribution in [-0.2, 0) is 0 Å². The number of carboxylic acids is 1. The maximum absolute atomic E-state index is 11.0. The number of methoxy groups -OCH3 is 1. The monoisotopic (exact) mass is 291 g/mol. The third-order valence-corrected chi connectivity index (χ3v) is 3.48. The molecule has 5 heteroatoms. The first-order valence-corrected chi connectivity index (χ1v) is 6.37. The molecule has 0 fully saturated rings. The summed E-state index contributed by atoms with van der Waals surface area (Å²) in [6.45, 7) is 3.55. The molecule has 20 heavy (non-hydrogen) atoms. The van der Waals surface area contributed by atoms with Crippen LogP contribution in [0.1, 0.15) is 21.6 Å². The van der Waals surface area contributed by atoms with Crippen LogP contribution in [0, 0.1) is 13.8 Å². The minimum absolute atomic E-state index is 0.186. The number of aromatic carboxylic acids is 1. The summed E-state index contributed by atoms with van der Waals surface area (Å²) in [5, 5.41) is 9.64. The van der Waals surface area contributed by atoms with Gasteiger partial charge in [0.25, 0.3) is 0 Å². The molecule has 0 saturated heterocycles. The molecular formula is C15H14ClNO3. The van der Waals surface area contributed by atoms with Gasteiger partial charge in [-0.15, -0.1) is 0 Å². The van der Waals surface area contributed by atoms with Crippen LogP contribution in [-0.4, -0.2) is 23.2 Å². The number of rotatable bonds is 3. The molecule has 0 aliphatic carbocycles.